The molecule has 0 saturated carbocycles. The van der Waals surface area contributed by atoms with Gasteiger partial charge in [-0.3, -0.25) is 14.5 Å². The quantitative estimate of drug-likeness (QED) is 0.254. The molecule has 0 unspecified atom stereocenters. The maximum atomic E-state index is 12.2. The van der Waals surface area contributed by atoms with Crippen LogP contribution in [0.1, 0.15) is 25.1 Å². The lowest BCUT2D eigenvalue weighted by Crippen LogP contribution is -2.22. The van der Waals surface area contributed by atoms with Crippen LogP contribution >= 0.6 is 23.1 Å². The lowest BCUT2D eigenvalue weighted by molar-refractivity contribution is -0.141. The van der Waals surface area contributed by atoms with E-state index in [2.05, 4.69) is 16.9 Å². The molecule has 0 bridgehead atoms. The third-order valence-corrected chi connectivity index (χ3v) is 6.29. The van der Waals surface area contributed by atoms with Crippen molar-refractivity contribution in [2.75, 3.05) is 10.7 Å². The number of oxazole rings is 1. The van der Waals surface area contributed by atoms with Gasteiger partial charge in [0.2, 0.25) is 5.91 Å². The number of fused-ring (bicyclic) bond motifs is 1. The topological polar surface area (TPSA) is 85.5 Å². The smallest absolute Gasteiger partial charge is 0.316 e. The summed E-state index contributed by atoms with van der Waals surface area (Å²) in [4.78, 5) is 34.7. The number of hydrogen-bond donors (Lipinski definition) is 0. The van der Waals surface area contributed by atoms with Gasteiger partial charge < -0.3 is 9.15 Å². The summed E-state index contributed by atoms with van der Waals surface area (Å²) >= 11 is 2.51. The summed E-state index contributed by atoms with van der Waals surface area (Å²) in [5.41, 5.74) is 3.96. The molecule has 0 saturated heterocycles. The molecule has 0 spiro atoms. The van der Waals surface area contributed by atoms with E-state index in [0.29, 0.717) is 21.6 Å². The third kappa shape index (κ3) is 5.17. The normalized spacial score (nSPS) is 10.9. The predicted molar refractivity (Wildman–Crippen MR) is 125 cm³/mol. The SMILES string of the molecule is CCc1ccc(N(C(C)=O)c2nc(COC(=O)CSc3nc4ccccc4o3)cs2)cc1. The van der Waals surface area contributed by atoms with E-state index in [1.54, 1.807) is 10.3 Å². The minimum Gasteiger partial charge on any atom is -0.459 e. The second kappa shape index (κ2) is 9.97. The van der Waals surface area contributed by atoms with Crippen LogP contribution in [0.2, 0.25) is 0 Å². The lowest BCUT2D eigenvalue weighted by Gasteiger charge is -2.18. The molecular weight excluding hydrogens is 446 g/mol. The highest BCUT2D eigenvalue weighted by Crippen LogP contribution is 2.29. The molecule has 32 heavy (non-hydrogen) atoms. The van der Waals surface area contributed by atoms with Gasteiger partial charge in [-0.25, -0.2) is 9.97 Å². The highest BCUT2D eigenvalue weighted by molar-refractivity contribution is 7.99. The number of carbonyl (C=O) groups is 2. The number of benzene rings is 2. The highest BCUT2D eigenvalue weighted by Gasteiger charge is 2.18. The van der Waals surface area contributed by atoms with E-state index in [1.165, 1.54) is 35.6 Å². The van der Waals surface area contributed by atoms with Crippen LogP contribution in [0.3, 0.4) is 0 Å². The van der Waals surface area contributed by atoms with Crippen molar-refractivity contribution in [2.45, 2.75) is 32.1 Å². The number of nitrogens with zero attached hydrogens (tertiary/aromatic N) is 3. The Bertz CT molecular complexity index is 1200. The number of thioether (sulfide) groups is 1. The average Bonchev–Trinajstić information content (AvgIpc) is 3.43. The van der Waals surface area contributed by atoms with Gasteiger partial charge in [0.15, 0.2) is 10.7 Å². The van der Waals surface area contributed by atoms with Gasteiger partial charge in [0, 0.05) is 12.3 Å². The van der Waals surface area contributed by atoms with Crippen LogP contribution < -0.4 is 4.90 Å². The first-order chi connectivity index (χ1) is 15.5. The van der Waals surface area contributed by atoms with Crippen LogP contribution in [-0.2, 0) is 27.4 Å². The van der Waals surface area contributed by atoms with Crippen LogP contribution in [0, 0.1) is 0 Å². The van der Waals surface area contributed by atoms with Crippen LogP contribution in [0.5, 0.6) is 0 Å². The van der Waals surface area contributed by atoms with Gasteiger partial charge >= 0.3 is 5.97 Å². The van der Waals surface area contributed by atoms with Gasteiger partial charge in [-0.2, -0.15) is 0 Å². The Hall–Kier alpha value is -3.17. The first-order valence-electron chi connectivity index (χ1n) is 10.0. The van der Waals surface area contributed by atoms with Crippen LogP contribution in [0.15, 0.2) is 63.6 Å². The summed E-state index contributed by atoms with van der Waals surface area (Å²) in [6.07, 6.45) is 0.928. The molecule has 2 aromatic carbocycles. The largest absolute Gasteiger partial charge is 0.459 e. The van der Waals surface area contributed by atoms with Crippen molar-refractivity contribution in [3.8, 4) is 0 Å². The number of anilines is 2. The molecular formula is C23H21N3O4S2. The number of carbonyl (C=O) groups excluding carboxylic acids is 2. The number of para-hydroxylation sites is 2. The van der Waals surface area contributed by atoms with E-state index < -0.39 is 5.97 Å². The molecule has 9 heteroatoms. The first kappa shape index (κ1) is 22.0. The predicted octanol–water partition coefficient (Wildman–Crippen LogP) is 5.37. The molecule has 164 valence electrons. The molecule has 0 aliphatic carbocycles. The summed E-state index contributed by atoms with van der Waals surface area (Å²) in [6, 6.07) is 15.2. The summed E-state index contributed by atoms with van der Waals surface area (Å²) in [6.45, 7) is 3.61. The molecule has 0 aliphatic rings. The van der Waals surface area contributed by atoms with Crippen molar-refractivity contribution < 1.29 is 18.7 Å². The van der Waals surface area contributed by atoms with Gasteiger partial charge in [0.1, 0.15) is 17.9 Å². The fourth-order valence-corrected chi connectivity index (χ4v) is 4.51. The van der Waals surface area contributed by atoms with Gasteiger partial charge in [0.05, 0.1) is 11.4 Å². The Morgan fingerprint density at radius 2 is 1.91 bits per heavy atom. The summed E-state index contributed by atoms with van der Waals surface area (Å²) in [5.74, 6) is -0.458. The summed E-state index contributed by atoms with van der Waals surface area (Å²) in [5, 5.41) is 2.74. The van der Waals surface area contributed by atoms with E-state index in [1.807, 2.05) is 48.5 Å². The van der Waals surface area contributed by atoms with Crippen molar-refractivity contribution in [1.82, 2.24) is 9.97 Å². The van der Waals surface area contributed by atoms with Crippen molar-refractivity contribution in [3.63, 3.8) is 0 Å². The molecule has 4 aromatic rings. The van der Waals surface area contributed by atoms with Crippen LogP contribution in [-0.4, -0.2) is 27.6 Å². The minimum atomic E-state index is -0.398. The average molecular weight is 468 g/mol. The Morgan fingerprint density at radius 1 is 1.12 bits per heavy atom. The molecule has 0 fully saturated rings. The number of thiazole rings is 1. The zero-order valence-electron chi connectivity index (χ0n) is 17.6. The maximum Gasteiger partial charge on any atom is 0.316 e. The zero-order valence-corrected chi connectivity index (χ0v) is 19.2. The number of ether oxygens (including phenoxy) is 1. The molecule has 4 rings (SSSR count). The molecule has 0 radical (unpaired) electrons. The van der Waals surface area contributed by atoms with Crippen LogP contribution in [0.4, 0.5) is 10.8 Å². The third-order valence-electron chi connectivity index (χ3n) is 4.62. The molecule has 2 heterocycles. The molecule has 0 atom stereocenters. The van der Waals surface area contributed by atoms with Gasteiger partial charge in [-0.1, -0.05) is 43.0 Å². The number of aromatic nitrogens is 2. The Labute approximate surface area is 193 Å². The molecule has 0 aliphatic heterocycles. The highest BCUT2D eigenvalue weighted by atomic mass is 32.2. The summed E-state index contributed by atoms with van der Waals surface area (Å²) in [7, 11) is 0. The Kier molecular flexibility index (Phi) is 6.87. The van der Waals surface area contributed by atoms with E-state index in [0.717, 1.165) is 17.6 Å². The fraction of sp³-hybridized carbons (Fsp3) is 0.217. The molecule has 2 aromatic heterocycles. The molecule has 7 nitrogen and oxygen atoms in total. The Balaban J connectivity index is 1.34. The van der Waals surface area contributed by atoms with Crippen molar-refractivity contribution >= 4 is 56.9 Å². The standard InChI is InChI=1S/C23H21N3O4S2/c1-3-16-8-10-18(11-9-16)26(15(2)27)22-24-17(13-31-22)12-29-21(28)14-32-23-25-19-6-4-5-7-20(19)30-23/h4-11,13H,3,12,14H2,1-2H3. The van der Waals surface area contributed by atoms with E-state index in [4.69, 9.17) is 9.15 Å². The second-order valence-corrected chi connectivity index (χ2v) is 8.66. The number of hydrogen-bond acceptors (Lipinski definition) is 8. The van der Waals surface area contributed by atoms with Gasteiger partial charge in [0.25, 0.3) is 5.22 Å². The minimum absolute atomic E-state index is 0.0317. The maximum absolute atomic E-state index is 12.2. The van der Waals surface area contributed by atoms with Gasteiger partial charge in [-0.15, -0.1) is 11.3 Å². The van der Waals surface area contributed by atoms with Crippen molar-refractivity contribution in [1.29, 1.82) is 0 Å². The second-order valence-electron chi connectivity index (χ2n) is 6.89. The molecule has 1 amide bonds. The fourth-order valence-electron chi connectivity index (χ4n) is 3.00. The zero-order chi connectivity index (χ0) is 22.5. The number of amides is 1. The van der Waals surface area contributed by atoms with Crippen molar-refractivity contribution in [3.05, 3.63) is 65.2 Å². The first-order valence-corrected chi connectivity index (χ1v) is 11.9. The molecule has 0 N–H and O–H groups in total. The van der Waals surface area contributed by atoms with E-state index in [-0.39, 0.29) is 18.3 Å². The Morgan fingerprint density at radius 3 is 2.62 bits per heavy atom. The summed E-state index contributed by atoms with van der Waals surface area (Å²) < 4.78 is 10.9. The van der Waals surface area contributed by atoms with Gasteiger partial charge in [-0.05, 0) is 36.2 Å². The van der Waals surface area contributed by atoms with Crippen LogP contribution in [0.25, 0.3) is 11.1 Å². The van der Waals surface area contributed by atoms with E-state index in [9.17, 15) is 9.59 Å². The van der Waals surface area contributed by atoms with E-state index >= 15 is 0 Å². The van der Waals surface area contributed by atoms with Crippen molar-refractivity contribution in [2.24, 2.45) is 0 Å². The number of aryl methyl sites for hydroxylation is 1. The lowest BCUT2D eigenvalue weighted by atomic mass is 10.1. The number of esters is 1. The number of rotatable bonds is 8. The monoisotopic (exact) mass is 467 g/mol.